The molecular weight excluding hydrogens is 395 g/mol. The summed E-state index contributed by atoms with van der Waals surface area (Å²) in [6.45, 7) is 4.49. The lowest BCUT2D eigenvalue weighted by Crippen LogP contribution is -2.50. The molecule has 0 radical (unpaired) electrons. The molecule has 1 heterocycles. The highest BCUT2D eigenvalue weighted by molar-refractivity contribution is 6.31. The number of hydrogen-bond donors (Lipinski definition) is 2. The Bertz CT molecular complexity index is 885. The van der Waals surface area contributed by atoms with E-state index in [9.17, 15) is 14.0 Å². The van der Waals surface area contributed by atoms with E-state index in [1.165, 1.54) is 6.07 Å². The molecule has 0 atom stereocenters. The third-order valence-electron chi connectivity index (χ3n) is 4.92. The number of anilines is 2. The molecule has 1 fully saturated rings. The van der Waals surface area contributed by atoms with Gasteiger partial charge in [-0.05, 0) is 36.8 Å². The molecule has 0 saturated carbocycles. The molecule has 3 rings (SSSR count). The topological polar surface area (TPSA) is 64.7 Å². The second-order valence-corrected chi connectivity index (χ2v) is 7.36. The first-order valence-corrected chi connectivity index (χ1v) is 9.85. The summed E-state index contributed by atoms with van der Waals surface area (Å²) < 4.78 is 13.9. The van der Waals surface area contributed by atoms with Gasteiger partial charge >= 0.3 is 0 Å². The molecule has 6 nitrogen and oxygen atoms in total. The van der Waals surface area contributed by atoms with Gasteiger partial charge in [0, 0.05) is 36.9 Å². The Kier molecular flexibility index (Phi) is 7.06. The van der Waals surface area contributed by atoms with Crippen LogP contribution in [0.1, 0.15) is 5.56 Å². The lowest BCUT2D eigenvalue weighted by Gasteiger charge is -2.35. The maximum Gasteiger partial charge on any atom is 0.243 e. The molecule has 2 amide bonds. The molecule has 8 heteroatoms. The van der Waals surface area contributed by atoms with E-state index in [-0.39, 0.29) is 30.7 Å². The van der Waals surface area contributed by atoms with Gasteiger partial charge in [-0.2, -0.15) is 0 Å². The largest absolute Gasteiger partial charge is 0.367 e. The SMILES string of the molecule is Cc1c(Cl)cccc1NC(=O)CNC(=O)CN1CCN(c2ccccc2F)CC1. The van der Waals surface area contributed by atoms with Crippen LogP contribution in [0.3, 0.4) is 0 Å². The van der Waals surface area contributed by atoms with Gasteiger partial charge in [0.1, 0.15) is 5.82 Å². The highest BCUT2D eigenvalue weighted by atomic mass is 35.5. The summed E-state index contributed by atoms with van der Waals surface area (Å²) in [6.07, 6.45) is 0. The van der Waals surface area contributed by atoms with E-state index in [4.69, 9.17) is 11.6 Å². The van der Waals surface area contributed by atoms with Crippen LogP contribution >= 0.6 is 11.6 Å². The minimum Gasteiger partial charge on any atom is -0.367 e. The predicted molar refractivity (Wildman–Crippen MR) is 113 cm³/mol. The Morgan fingerprint density at radius 2 is 1.76 bits per heavy atom. The second-order valence-electron chi connectivity index (χ2n) is 6.95. The van der Waals surface area contributed by atoms with Crippen molar-refractivity contribution in [1.29, 1.82) is 0 Å². The van der Waals surface area contributed by atoms with Gasteiger partial charge in [-0.3, -0.25) is 14.5 Å². The number of piperazine rings is 1. The number of para-hydroxylation sites is 1. The quantitative estimate of drug-likeness (QED) is 0.757. The summed E-state index contributed by atoms with van der Waals surface area (Å²) in [7, 11) is 0. The molecular formula is C21H24ClFN4O2. The van der Waals surface area contributed by atoms with Crippen molar-refractivity contribution < 1.29 is 14.0 Å². The Morgan fingerprint density at radius 3 is 2.48 bits per heavy atom. The molecule has 2 N–H and O–H groups in total. The molecule has 0 spiro atoms. The van der Waals surface area contributed by atoms with E-state index in [1.807, 2.05) is 22.8 Å². The fourth-order valence-corrected chi connectivity index (χ4v) is 3.40. The van der Waals surface area contributed by atoms with Gasteiger partial charge < -0.3 is 15.5 Å². The maximum atomic E-state index is 13.9. The van der Waals surface area contributed by atoms with Gasteiger partial charge in [-0.1, -0.05) is 29.8 Å². The van der Waals surface area contributed by atoms with Crippen LogP contribution in [0, 0.1) is 12.7 Å². The summed E-state index contributed by atoms with van der Waals surface area (Å²) in [5, 5.41) is 5.95. The highest BCUT2D eigenvalue weighted by Crippen LogP contribution is 2.23. The first kappa shape index (κ1) is 21.1. The number of nitrogens with one attached hydrogen (secondary N) is 2. The molecule has 1 aliphatic heterocycles. The number of rotatable bonds is 6. The average Bonchev–Trinajstić information content (AvgIpc) is 2.71. The van der Waals surface area contributed by atoms with Crippen molar-refractivity contribution in [2.75, 3.05) is 49.5 Å². The van der Waals surface area contributed by atoms with Crippen LogP contribution in [0.2, 0.25) is 5.02 Å². The summed E-state index contributed by atoms with van der Waals surface area (Å²) in [5.41, 5.74) is 1.99. The highest BCUT2D eigenvalue weighted by Gasteiger charge is 2.21. The Hall–Kier alpha value is -2.64. The average molecular weight is 419 g/mol. The van der Waals surface area contributed by atoms with Crippen molar-refractivity contribution in [3.05, 3.63) is 58.9 Å². The summed E-state index contributed by atoms with van der Waals surface area (Å²) >= 11 is 6.04. The molecule has 154 valence electrons. The van der Waals surface area contributed by atoms with Gasteiger partial charge in [0.05, 0.1) is 18.8 Å². The summed E-state index contributed by atoms with van der Waals surface area (Å²) in [4.78, 5) is 28.2. The van der Waals surface area contributed by atoms with Crippen molar-refractivity contribution in [3.63, 3.8) is 0 Å². The lowest BCUT2D eigenvalue weighted by molar-refractivity contribution is -0.125. The molecule has 2 aromatic rings. The van der Waals surface area contributed by atoms with Crippen molar-refractivity contribution in [2.45, 2.75) is 6.92 Å². The molecule has 0 aromatic heterocycles. The zero-order valence-electron chi connectivity index (χ0n) is 16.3. The van der Waals surface area contributed by atoms with Crippen molar-refractivity contribution in [3.8, 4) is 0 Å². The van der Waals surface area contributed by atoms with E-state index < -0.39 is 0 Å². The van der Waals surface area contributed by atoms with Crippen LogP contribution in [0.5, 0.6) is 0 Å². The van der Waals surface area contributed by atoms with E-state index in [0.29, 0.717) is 42.6 Å². The van der Waals surface area contributed by atoms with Crippen molar-refractivity contribution >= 4 is 34.8 Å². The predicted octanol–water partition coefficient (Wildman–Crippen LogP) is 2.66. The van der Waals surface area contributed by atoms with Crippen LogP contribution in [0.4, 0.5) is 15.8 Å². The third-order valence-corrected chi connectivity index (χ3v) is 5.33. The van der Waals surface area contributed by atoms with Crippen LogP contribution < -0.4 is 15.5 Å². The summed E-state index contributed by atoms with van der Waals surface area (Å²) in [5.74, 6) is -0.768. The fourth-order valence-electron chi connectivity index (χ4n) is 3.23. The van der Waals surface area contributed by atoms with Gasteiger partial charge in [0.25, 0.3) is 0 Å². The van der Waals surface area contributed by atoms with Crippen LogP contribution in [-0.4, -0.2) is 56.0 Å². The van der Waals surface area contributed by atoms with E-state index in [1.54, 1.807) is 30.3 Å². The standard InChI is InChI=1S/C21H24ClFN4O2/c1-15-16(22)5-4-7-18(15)25-20(28)13-24-21(29)14-26-9-11-27(12-10-26)19-8-3-2-6-17(19)23/h2-8H,9-14H2,1H3,(H,24,29)(H,25,28). The molecule has 0 bridgehead atoms. The zero-order chi connectivity index (χ0) is 20.8. The lowest BCUT2D eigenvalue weighted by atomic mass is 10.2. The van der Waals surface area contributed by atoms with Gasteiger partial charge in [0.15, 0.2) is 0 Å². The number of nitrogens with zero attached hydrogens (tertiary/aromatic N) is 2. The number of carbonyl (C=O) groups is 2. The molecule has 0 unspecified atom stereocenters. The monoisotopic (exact) mass is 418 g/mol. The fraction of sp³-hybridized carbons (Fsp3) is 0.333. The maximum absolute atomic E-state index is 13.9. The van der Waals surface area contributed by atoms with E-state index in [2.05, 4.69) is 10.6 Å². The Labute approximate surface area is 174 Å². The molecule has 1 saturated heterocycles. The zero-order valence-corrected chi connectivity index (χ0v) is 17.0. The Morgan fingerprint density at radius 1 is 1.03 bits per heavy atom. The minimum absolute atomic E-state index is 0.111. The normalized spacial score (nSPS) is 14.5. The third kappa shape index (κ3) is 5.68. The van der Waals surface area contributed by atoms with Crippen LogP contribution in [0.25, 0.3) is 0 Å². The summed E-state index contributed by atoms with van der Waals surface area (Å²) in [6, 6.07) is 12.0. The molecule has 0 aliphatic carbocycles. The number of amides is 2. The smallest absolute Gasteiger partial charge is 0.243 e. The van der Waals surface area contributed by atoms with Crippen molar-refractivity contribution in [2.24, 2.45) is 0 Å². The molecule has 1 aliphatic rings. The Balaban J connectivity index is 1.41. The van der Waals surface area contributed by atoms with Gasteiger partial charge in [0.2, 0.25) is 11.8 Å². The van der Waals surface area contributed by atoms with E-state index >= 15 is 0 Å². The first-order valence-electron chi connectivity index (χ1n) is 9.47. The molecule has 2 aromatic carbocycles. The number of hydrogen-bond acceptors (Lipinski definition) is 4. The van der Waals surface area contributed by atoms with Crippen molar-refractivity contribution in [1.82, 2.24) is 10.2 Å². The first-order chi connectivity index (χ1) is 13.9. The number of benzene rings is 2. The van der Waals surface area contributed by atoms with E-state index in [0.717, 1.165) is 5.56 Å². The number of carbonyl (C=O) groups excluding carboxylic acids is 2. The molecule has 29 heavy (non-hydrogen) atoms. The van der Waals surface area contributed by atoms with Crippen LogP contribution in [0.15, 0.2) is 42.5 Å². The second kappa shape index (κ2) is 9.71. The number of halogens is 2. The minimum atomic E-state index is -0.312. The van der Waals surface area contributed by atoms with Gasteiger partial charge in [-0.25, -0.2) is 4.39 Å². The van der Waals surface area contributed by atoms with Gasteiger partial charge in [-0.15, -0.1) is 0 Å². The van der Waals surface area contributed by atoms with Crippen LogP contribution in [-0.2, 0) is 9.59 Å².